The van der Waals surface area contributed by atoms with Crippen molar-refractivity contribution in [3.05, 3.63) is 47.3 Å². The first-order valence-electron chi connectivity index (χ1n) is 9.41. The van der Waals surface area contributed by atoms with Gasteiger partial charge in [-0.1, -0.05) is 0 Å². The first-order chi connectivity index (χ1) is 14.2. The Morgan fingerprint density at radius 1 is 1.20 bits per heavy atom. The third-order valence-corrected chi connectivity index (χ3v) is 5.96. The van der Waals surface area contributed by atoms with Crippen molar-refractivity contribution in [2.45, 2.75) is 37.6 Å². The Bertz CT molecular complexity index is 1080. The zero-order valence-electron chi connectivity index (χ0n) is 16.9. The van der Waals surface area contributed by atoms with Crippen LogP contribution in [-0.2, 0) is 14.8 Å². The SMILES string of the molecule is CCOC(=O)c1ccc(C(=O)Nc2cc(S(=O)(=O)NC3CC3)ccc2OC)nc1C. The Morgan fingerprint density at radius 2 is 1.93 bits per heavy atom. The van der Waals surface area contributed by atoms with Gasteiger partial charge in [0.2, 0.25) is 10.0 Å². The van der Waals surface area contributed by atoms with E-state index in [1.807, 2.05) is 0 Å². The third-order valence-electron chi connectivity index (χ3n) is 4.44. The van der Waals surface area contributed by atoms with Gasteiger partial charge in [0.25, 0.3) is 5.91 Å². The molecular weight excluding hydrogens is 410 g/mol. The summed E-state index contributed by atoms with van der Waals surface area (Å²) in [5.74, 6) is -0.790. The molecule has 1 aliphatic rings. The zero-order valence-corrected chi connectivity index (χ0v) is 17.7. The fourth-order valence-electron chi connectivity index (χ4n) is 2.74. The molecule has 0 atom stereocenters. The molecule has 10 heteroatoms. The second-order valence-corrected chi connectivity index (χ2v) is 8.48. The Kier molecular flexibility index (Phi) is 6.37. The molecule has 3 rings (SSSR count). The van der Waals surface area contributed by atoms with Gasteiger partial charge in [-0.3, -0.25) is 4.79 Å². The van der Waals surface area contributed by atoms with E-state index in [1.54, 1.807) is 13.8 Å². The molecule has 1 aliphatic carbocycles. The van der Waals surface area contributed by atoms with Crippen molar-refractivity contribution < 1.29 is 27.5 Å². The highest BCUT2D eigenvalue weighted by molar-refractivity contribution is 7.89. The number of ether oxygens (including phenoxy) is 2. The number of hydrogen-bond donors (Lipinski definition) is 2. The lowest BCUT2D eigenvalue weighted by molar-refractivity contribution is 0.0524. The van der Waals surface area contributed by atoms with Crippen LogP contribution >= 0.6 is 0 Å². The molecule has 2 aromatic rings. The van der Waals surface area contributed by atoms with Crippen molar-refractivity contribution in [1.29, 1.82) is 0 Å². The Labute approximate surface area is 174 Å². The summed E-state index contributed by atoms with van der Waals surface area (Å²) in [4.78, 5) is 28.8. The highest BCUT2D eigenvalue weighted by Gasteiger charge is 2.28. The predicted octanol–water partition coefficient (Wildman–Crippen LogP) is 2.27. The van der Waals surface area contributed by atoms with Crippen molar-refractivity contribution in [2.24, 2.45) is 0 Å². The van der Waals surface area contributed by atoms with Crippen molar-refractivity contribution in [2.75, 3.05) is 19.0 Å². The maximum Gasteiger partial charge on any atom is 0.339 e. The van der Waals surface area contributed by atoms with Crippen LogP contribution < -0.4 is 14.8 Å². The van der Waals surface area contributed by atoms with Crippen LogP contribution in [0.3, 0.4) is 0 Å². The highest BCUT2D eigenvalue weighted by atomic mass is 32.2. The molecule has 0 unspecified atom stereocenters. The summed E-state index contributed by atoms with van der Waals surface area (Å²) in [6.45, 7) is 3.53. The van der Waals surface area contributed by atoms with E-state index in [4.69, 9.17) is 9.47 Å². The lowest BCUT2D eigenvalue weighted by atomic mass is 10.2. The van der Waals surface area contributed by atoms with Crippen LogP contribution in [0, 0.1) is 6.92 Å². The number of sulfonamides is 1. The van der Waals surface area contributed by atoms with Crippen LogP contribution in [0.5, 0.6) is 5.75 Å². The van der Waals surface area contributed by atoms with Gasteiger partial charge < -0.3 is 14.8 Å². The van der Waals surface area contributed by atoms with Gasteiger partial charge in [-0.15, -0.1) is 0 Å². The van der Waals surface area contributed by atoms with E-state index in [2.05, 4.69) is 15.0 Å². The molecule has 0 bridgehead atoms. The number of benzene rings is 1. The Morgan fingerprint density at radius 3 is 2.53 bits per heavy atom. The summed E-state index contributed by atoms with van der Waals surface area (Å²) in [6, 6.07) is 7.04. The summed E-state index contributed by atoms with van der Waals surface area (Å²) in [7, 11) is -2.28. The molecule has 9 nitrogen and oxygen atoms in total. The number of amides is 1. The number of hydrogen-bond acceptors (Lipinski definition) is 7. The number of anilines is 1. The number of esters is 1. The number of nitrogens with zero attached hydrogens (tertiary/aromatic N) is 1. The van der Waals surface area contributed by atoms with Crippen LogP contribution in [0.1, 0.15) is 46.3 Å². The van der Waals surface area contributed by atoms with Crippen LogP contribution in [-0.4, -0.2) is 45.0 Å². The van der Waals surface area contributed by atoms with Crippen molar-refractivity contribution >= 4 is 27.6 Å². The van der Waals surface area contributed by atoms with Gasteiger partial charge in [-0.2, -0.15) is 0 Å². The summed E-state index contributed by atoms with van der Waals surface area (Å²) in [6.07, 6.45) is 1.62. The highest BCUT2D eigenvalue weighted by Crippen LogP contribution is 2.29. The lowest BCUT2D eigenvalue weighted by Crippen LogP contribution is -2.26. The average molecular weight is 433 g/mol. The number of aromatic nitrogens is 1. The van der Waals surface area contributed by atoms with Crippen LogP contribution in [0.2, 0.25) is 0 Å². The second kappa shape index (κ2) is 8.80. The van der Waals surface area contributed by atoms with Crippen molar-refractivity contribution in [3.8, 4) is 5.75 Å². The van der Waals surface area contributed by atoms with E-state index in [-0.39, 0.29) is 34.5 Å². The van der Waals surface area contributed by atoms with Crippen LogP contribution in [0.25, 0.3) is 0 Å². The van der Waals surface area contributed by atoms with Crippen molar-refractivity contribution in [3.63, 3.8) is 0 Å². The minimum absolute atomic E-state index is 0.0206. The molecule has 30 heavy (non-hydrogen) atoms. The average Bonchev–Trinajstić information content (AvgIpc) is 3.51. The topological polar surface area (TPSA) is 124 Å². The quantitative estimate of drug-likeness (QED) is 0.612. The first-order valence-corrected chi connectivity index (χ1v) is 10.9. The van der Waals surface area contributed by atoms with Crippen molar-refractivity contribution in [1.82, 2.24) is 9.71 Å². The Balaban J connectivity index is 1.84. The summed E-state index contributed by atoms with van der Waals surface area (Å²) in [5, 5.41) is 2.63. The predicted molar refractivity (Wildman–Crippen MR) is 109 cm³/mol. The standard InChI is InChI=1S/C20H23N3O6S/c1-4-29-20(25)15-8-9-16(21-12(15)2)19(24)22-17-11-14(7-10-18(17)28-3)30(26,27)23-13-5-6-13/h7-11,13,23H,4-6H2,1-3H3,(H,22,24). The van der Waals surface area contributed by atoms with Gasteiger partial charge in [0.05, 0.1) is 35.6 Å². The minimum Gasteiger partial charge on any atom is -0.495 e. The molecule has 1 aromatic carbocycles. The monoisotopic (exact) mass is 433 g/mol. The van der Waals surface area contributed by atoms with Gasteiger partial charge in [0.1, 0.15) is 11.4 Å². The molecular formula is C20H23N3O6S. The van der Waals surface area contributed by atoms with E-state index in [1.165, 1.54) is 37.4 Å². The number of nitrogens with one attached hydrogen (secondary N) is 2. The fourth-order valence-corrected chi connectivity index (χ4v) is 4.07. The third kappa shape index (κ3) is 4.95. The molecule has 2 N–H and O–H groups in total. The molecule has 160 valence electrons. The molecule has 0 radical (unpaired) electrons. The fraction of sp³-hybridized carbons (Fsp3) is 0.350. The van der Waals surface area contributed by atoms with E-state index in [0.29, 0.717) is 11.4 Å². The number of rotatable bonds is 8. The summed E-state index contributed by atoms with van der Waals surface area (Å²) < 4.78 is 37.7. The molecule has 1 heterocycles. The molecule has 1 amide bonds. The summed E-state index contributed by atoms with van der Waals surface area (Å²) >= 11 is 0. The van der Waals surface area contributed by atoms with E-state index in [0.717, 1.165) is 12.8 Å². The number of methoxy groups -OCH3 is 1. The normalized spacial score (nSPS) is 13.6. The maximum atomic E-state index is 12.7. The zero-order chi connectivity index (χ0) is 21.9. The number of carbonyl (C=O) groups is 2. The van der Waals surface area contributed by atoms with E-state index < -0.39 is 21.9 Å². The van der Waals surface area contributed by atoms with Gasteiger partial charge in [0.15, 0.2) is 0 Å². The smallest absolute Gasteiger partial charge is 0.339 e. The van der Waals surface area contributed by atoms with E-state index in [9.17, 15) is 18.0 Å². The van der Waals surface area contributed by atoms with Gasteiger partial charge in [0, 0.05) is 6.04 Å². The van der Waals surface area contributed by atoms with Crippen LogP contribution in [0.15, 0.2) is 35.2 Å². The molecule has 1 aromatic heterocycles. The molecule has 0 saturated heterocycles. The Hall–Kier alpha value is -2.98. The lowest BCUT2D eigenvalue weighted by Gasteiger charge is -2.13. The largest absolute Gasteiger partial charge is 0.495 e. The van der Waals surface area contributed by atoms with E-state index >= 15 is 0 Å². The van der Waals surface area contributed by atoms with Crippen LogP contribution in [0.4, 0.5) is 5.69 Å². The molecule has 1 saturated carbocycles. The number of aryl methyl sites for hydroxylation is 1. The second-order valence-electron chi connectivity index (χ2n) is 6.76. The molecule has 0 aliphatic heterocycles. The molecule has 0 spiro atoms. The van der Waals surface area contributed by atoms with Gasteiger partial charge in [-0.25, -0.2) is 22.9 Å². The molecule has 1 fully saturated rings. The minimum atomic E-state index is -3.70. The summed E-state index contributed by atoms with van der Waals surface area (Å²) in [5.41, 5.74) is 0.866. The number of pyridine rings is 1. The van der Waals surface area contributed by atoms with Gasteiger partial charge in [-0.05, 0) is 57.0 Å². The maximum absolute atomic E-state index is 12.7. The number of carbonyl (C=O) groups excluding carboxylic acids is 2. The first kappa shape index (κ1) is 21.7. The van der Waals surface area contributed by atoms with Gasteiger partial charge >= 0.3 is 5.97 Å².